The second-order valence-corrected chi connectivity index (χ2v) is 9.91. The molecule has 0 unspecified atom stereocenters. The van der Waals surface area contributed by atoms with Crippen LogP contribution in [0.25, 0.3) is 0 Å². The van der Waals surface area contributed by atoms with E-state index in [-0.39, 0.29) is 11.7 Å². The number of hydrogen-bond acceptors (Lipinski definition) is 6. The van der Waals surface area contributed by atoms with E-state index < -0.39 is 6.03 Å². The molecule has 42 heavy (non-hydrogen) atoms. The number of rotatable bonds is 8. The summed E-state index contributed by atoms with van der Waals surface area (Å²) in [7, 11) is 0. The summed E-state index contributed by atoms with van der Waals surface area (Å²) >= 11 is 0. The van der Waals surface area contributed by atoms with Gasteiger partial charge in [0.25, 0.3) is 5.91 Å². The molecule has 2 saturated heterocycles. The van der Waals surface area contributed by atoms with Crippen LogP contribution in [0.2, 0.25) is 0 Å². The average Bonchev–Trinajstić information content (AvgIpc) is 3.56. The molecule has 0 radical (unpaired) electrons. The van der Waals surface area contributed by atoms with E-state index in [1.165, 1.54) is 0 Å². The highest BCUT2D eigenvalue weighted by atomic mass is 16.5. The van der Waals surface area contributed by atoms with Gasteiger partial charge in [0, 0.05) is 68.0 Å². The van der Waals surface area contributed by atoms with Gasteiger partial charge in [0.1, 0.15) is 0 Å². The smallest absolute Gasteiger partial charge is 0.323 e. The largest absolute Gasteiger partial charge is 0.379 e. The number of benzene rings is 2. The van der Waals surface area contributed by atoms with E-state index in [1.54, 1.807) is 48.5 Å². The molecule has 12 heteroatoms. The molecule has 0 bridgehead atoms. The second kappa shape index (κ2) is 14.4. The van der Waals surface area contributed by atoms with Crippen LogP contribution in [0.3, 0.4) is 0 Å². The van der Waals surface area contributed by atoms with Gasteiger partial charge in [0.15, 0.2) is 11.7 Å². The van der Waals surface area contributed by atoms with E-state index in [9.17, 15) is 9.59 Å². The van der Waals surface area contributed by atoms with Gasteiger partial charge in [0.2, 0.25) is 0 Å². The minimum atomic E-state index is -0.417. The minimum absolute atomic E-state index is 0.118. The zero-order valence-electron chi connectivity index (χ0n) is 23.4. The average molecular weight is 573 g/mol. The number of aromatic nitrogens is 1. The van der Waals surface area contributed by atoms with Crippen molar-refractivity contribution in [2.75, 3.05) is 76.3 Å². The first-order chi connectivity index (χ1) is 20.5. The Morgan fingerprint density at radius 3 is 2.02 bits per heavy atom. The summed E-state index contributed by atoms with van der Waals surface area (Å²) < 4.78 is 10.8. The molecular weight excluding hydrogens is 536 g/mol. The van der Waals surface area contributed by atoms with E-state index in [1.807, 2.05) is 18.3 Å². The van der Waals surface area contributed by atoms with Gasteiger partial charge < -0.3 is 35.3 Å². The predicted octanol–water partition coefficient (Wildman–Crippen LogP) is 2.83. The molecule has 5 rings (SSSR count). The zero-order valence-corrected chi connectivity index (χ0v) is 23.4. The number of morpholine rings is 2. The molecule has 0 aliphatic carbocycles. The first-order valence-electron chi connectivity index (χ1n) is 14.1. The summed E-state index contributed by atoms with van der Waals surface area (Å²) in [4.78, 5) is 37.2. The van der Waals surface area contributed by atoms with Crippen molar-refractivity contribution in [2.24, 2.45) is 4.99 Å². The van der Waals surface area contributed by atoms with Crippen molar-refractivity contribution in [1.82, 2.24) is 20.1 Å². The van der Waals surface area contributed by atoms with Crippen LogP contribution in [0.4, 0.5) is 16.2 Å². The Morgan fingerprint density at radius 1 is 0.833 bits per heavy atom. The highest BCUT2D eigenvalue weighted by Crippen LogP contribution is 2.15. The van der Waals surface area contributed by atoms with Gasteiger partial charge in [-0.05, 0) is 60.7 Å². The van der Waals surface area contributed by atoms with E-state index in [0.717, 1.165) is 38.5 Å². The maximum absolute atomic E-state index is 12.6. The van der Waals surface area contributed by atoms with Crippen LogP contribution in [0.1, 0.15) is 21.6 Å². The van der Waals surface area contributed by atoms with Crippen LogP contribution in [0, 0.1) is 5.41 Å². The number of urea groups is 1. The topological polar surface area (TPSA) is 147 Å². The van der Waals surface area contributed by atoms with Gasteiger partial charge in [-0.2, -0.15) is 0 Å². The van der Waals surface area contributed by atoms with Gasteiger partial charge in [0.05, 0.1) is 32.1 Å². The minimum Gasteiger partial charge on any atom is -0.379 e. The number of carbonyl (C=O) groups is 2. The van der Waals surface area contributed by atoms with Gasteiger partial charge >= 0.3 is 6.03 Å². The number of aromatic amines is 1. The van der Waals surface area contributed by atoms with Crippen molar-refractivity contribution in [3.63, 3.8) is 0 Å². The lowest BCUT2D eigenvalue weighted by Gasteiger charge is -2.29. The summed E-state index contributed by atoms with van der Waals surface area (Å²) in [6.45, 7) is 7.20. The lowest BCUT2D eigenvalue weighted by Crippen LogP contribution is -2.41. The van der Waals surface area contributed by atoms with Crippen LogP contribution in [-0.2, 0) is 9.47 Å². The quantitative estimate of drug-likeness (QED) is 0.207. The normalized spacial score (nSPS) is 16.1. The number of aliphatic imine (C=N–C) groups is 1. The monoisotopic (exact) mass is 572 g/mol. The first kappa shape index (κ1) is 29.0. The maximum atomic E-state index is 12.6. The van der Waals surface area contributed by atoms with Gasteiger partial charge in [-0.1, -0.05) is 0 Å². The highest BCUT2D eigenvalue weighted by Gasteiger charge is 2.19. The van der Waals surface area contributed by atoms with Crippen molar-refractivity contribution in [2.45, 2.75) is 0 Å². The molecule has 2 aliphatic heterocycles. The molecule has 220 valence electrons. The Hall–Kier alpha value is -4.52. The number of H-pyrrole nitrogens is 1. The Morgan fingerprint density at radius 2 is 1.43 bits per heavy atom. The number of amidine groups is 2. The molecule has 2 aliphatic rings. The standard InChI is InChI=1S/C30H36N8O4/c31-27(36-28(26-2-1-11-32-26)38-16-20-42-21-17-38)22-3-7-24(8-4-22)34-30(40)35-25-9-5-23(6-10-25)29(39)33-12-13-37-14-18-41-19-15-37/h1-11,31-32H,12-21H2,(H,33,39)(H2,34,35,40)/b31-27?,36-28+. The van der Waals surface area contributed by atoms with Crippen LogP contribution in [-0.4, -0.2) is 104 Å². The molecule has 0 saturated carbocycles. The summed E-state index contributed by atoms with van der Waals surface area (Å²) in [5.41, 5.74) is 3.12. The van der Waals surface area contributed by atoms with Crippen LogP contribution < -0.4 is 16.0 Å². The van der Waals surface area contributed by atoms with Crippen molar-refractivity contribution < 1.29 is 19.1 Å². The summed E-state index contributed by atoms with van der Waals surface area (Å²) in [5, 5.41) is 17.1. The molecular formula is C30H36N8O4. The highest BCUT2D eigenvalue weighted by molar-refractivity contribution is 6.10. The Labute approximate surface area is 244 Å². The van der Waals surface area contributed by atoms with Crippen LogP contribution >= 0.6 is 0 Å². The summed E-state index contributed by atoms with van der Waals surface area (Å²) in [6.07, 6.45) is 1.83. The molecule has 0 atom stereocenters. The third-order valence-corrected chi connectivity index (χ3v) is 7.01. The number of nitrogens with one attached hydrogen (secondary N) is 5. The lowest BCUT2D eigenvalue weighted by molar-refractivity contribution is 0.0383. The number of ether oxygens (including phenoxy) is 2. The summed E-state index contributed by atoms with van der Waals surface area (Å²) in [6, 6.07) is 17.1. The third-order valence-electron chi connectivity index (χ3n) is 7.01. The number of nitrogens with zero attached hydrogens (tertiary/aromatic N) is 3. The molecule has 5 N–H and O–H groups in total. The van der Waals surface area contributed by atoms with Crippen LogP contribution in [0.15, 0.2) is 71.9 Å². The molecule has 3 heterocycles. The van der Waals surface area contributed by atoms with Gasteiger partial charge in [-0.3, -0.25) is 15.1 Å². The van der Waals surface area contributed by atoms with Gasteiger partial charge in [-0.15, -0.1) is 0 Å². The fraction of sp³-hybridized carbons (Fsp3) is 0.333. The van der Waals surface area contributed by atoms with Crippen molar-refractivity contribution >= 4 is 35.0 Å². The number of anilines is 2. The van der Waals surface area contributed by atoms with E-state index >= 15 is 0 Å². The van der Waals surface area contributed by atoms with E-state index in [2.05, 4.69) is 35.7 Å². The number of hydrogen-bond donors (Lipinski definition) is 5. The molecule has 0 spiro atoms. The van der Waals surface area contributed by atoms with Crippen molar-refractivity contribution in [3.8, 4) is 0 Å². The Bertz CT molecular complexity index is 1360. The van der Waals surface area contributed by atoms with Crippen LogP contribution in [0.5, 0.6) is 0 Å². The SMILES string of the molecule is N=C(/N=C(\c1ccc[nH]1)N1CCOCC1)c1ccc(NC(=O)Nc2ccc(C(=O)NCCN3CCOCC3)cc2)cc1. The Balaban J connectivity index is 1.11. The molecule has 1 aromatic heterocycles. The third kappa shape index (κ3) is 8.03. The fourth-order valence-electron chi connectivity index (χ4n) is 4.68. The molecule has 2 aromatic carbocycles. The molecule has 3 amide bonds. The fourth-order valence-corrected chi connectivity index (χ4v) is 4.68. The number of amides is 3. The van der Waals surface area contributed by atoms with E-state index in [4.69, 9.17) is 14.9 Å². The molecule has 2 fully saturated rings. The summed E-state index contributed by atoms with van der Waals surface area (Å²) in [5.74, 6) is 0.665. The van der Waals surface area contributed by atoms with Crippen molar-refractivity contribution in [1.29, 1.82) is 5.41 Å². The van der Waals surface area contributed by atoms with Gasteiger partial charge in [-0.25, -0.2) is 9.79 Å². The maximum Gasteiger partial charge on any atom is 0.323 e. The predicted molar refractivity (Wildman–Crippen MR) is 162 cm³/mol. The lowest BCUT2D eigenvalue weighted by atomic mass is 10.2. The Kier molecular flexibility index (Phi) is 9.94. The van der Waals surface area contributed by atoms with Crippen molar-refractivity contribution in [3.05, 3.63) is 83.7 Å². The molecule has 3 aromatic rings. The zero-order chi connectivity index (χ0) is 29.1. The van der Waals surface area contributed by atoms with E-state index in [0.29, 0.717) is 61.2 Å². The first-order valence-corrected chi connectivity index (χ1v) is 14.1. The molecule has 12 nitrogen and oxygen atoms in total. The second-order valence-electron chi connectivity index (χ2n) is 9.91. The number of carbonyl (C=O) groups excluding carboxylic acids is 2.